The molecule has 0 N–H and O–H groups in total. The molecule has 8 heteroatoms. The minimum absolute atomic E-state index is 0.283. The number of benzene rings is 1. The first-order chi connectivity index (χ1) is 12.9. The van der Waals surface area contributed by atoms with Crippen molar-refractivity contribution in [1.82, 2.24) is 14.8 Å². The van der Waals surface area contributed by atoms with Crippen molar-refractivity contribution < 1.29 is 12.8 Å². The van der Waals surface area contributed by atoms with Crippen LogP contribution in [0.25, 0.3) is 26.7 Å². The van der Waals surface area contributed by atoms with Crippen molar-refractivity contribution in [2.24, 2.45) is 0 Å². The lowest BCUT2D eigenvalue weighted by Gasteiger charge is -2.05. The Bertz CT molecular complexity index is 1230. The van der Waals surface area contributed by atoms with E-state index in [1.807, 2.05) is 24.3 Å². The zero-order chi connectivity index (χ0) is 19.0. The summed E-state index contributed by atoms with van der Waals surface area (Å²) in [6.07, 6.45) is 5.52. The molecule has 0 atom stereocenters. The van der Waals surface area contributed by atoms with E-state index in [1.165, 1.54) is 23.7 Å². The van der Waals surface area contributed by atoms with Crippen LogP contribution in [-0.4, -0.2) is 29.4 Å². The Hall–Kier alpha value is -2.84. The molecule has 0 fully saturated rings. The number of nitrogens with zero attached hydrogens (tertiary/aromatic N) is 3. The molecule has 1 aromatic carbocycles. The smallest absolute Gasteiger partial charge is 0.175 e. The summed E-state index contributed by atoms with van der Waals surface area (Å²) in [4.78, 5) is 6.01. The van der Waals surface area contributed by atoms with E-state index < -0.39 is 15.7 Å². The van der Waals surface area contributed by atoms with Gasteiger partial charge in [0.05, 0.1) is 39.7 Å². The van der Waals surface area contributed by atoms with Crippen molar-refractivity contribution >= 4 is 21.2 Å². The van der Waals surface area contributed by atoms with Crippen LogP contribution in [0.1, 0.15) is 0 Å². The van der Waals surface area contributed by atoms with E-state index in [-0.39, 0.29) is 4.90 Å². The minimum atomic E-state index is -3.27. The monoisotopic (exact) mass is 399 g/mol. The molecule has 0 saturated heterocycles. The summed E-state index contributed by atoms with van der Waals surface area (Å²) in [6, 6.07) is 13.9. The Balaban J connectivity index is 1.74. The van der Waals surface area contributed by atoms with E-state index >= 15 is 0 Å². The molecule has 0 aliphatic rings. The molecule has 3 aromatic heterocycles. The average Bonchev–Trinajstić information content (AvgIpc) is 3.30. The summed E-state index contributed by atoms with van der Waals surface area (Å²) in [7, 11) is -3.27. The number of aromatic nitrogens is 3. The van der Waals surface area contributed by atoms with Crippen LogP contribution in [-0.2, 0) is 9.84 Å². The fourth-order valence-corrected chi connectivity index (χ4v) is 4.40. The Kier molecular flexibility index (Phi) is 4.37. The topological polar surface area (TPSA) is 64.8 Å². The number of hydrogen-bond acceptors (Lipinski definition) is 5. The molecular weight excluding hydrogens is 385 g/mol. The Labute approximate surface area is 159 Å². The molecule has 0 aliphatic heterocycles. The molecule has 0 unspecified atom stereocenters. The van der Waals surface area contributed by atoms with Crippen LogP contribution < -0.4 is 0 Å². The number of hydrogen-bond donors (Lipinski definition) is 0. The zero-order valence-corrected chi connectivity index (χ0v) is 15.8. The predicted octanol–water partition coefficient (Wildman–Crippen LogP) is 4.21. The van der Waals surface area contributed by atoms with Crippen LogP contribution in [0.3, 0.4) is 0 Å². The van der Waals surface area contributed by atoms with Gasteiger partial charge in [0.15, 0.2) is 9.84 Å². The molecule has 136 valence electrons. The van der Waals surface area contributed by atoms with Crippen LogP contribution >= 0.6 is 11.3 Å². The second-order valence-corrected chi connectivity index (χ2v) is 9.05. The van der Waals surface area contributed by atoms with Crippen LogP contribution in [0, 0.1) is 5.82 Å². The van der Waals surface area contributed by atoms with Gasteiger partial charge < -0.3 is 0 Å². The minimum Gasteiger partial charge on any atom is -0.259 e. The Morgan fingerprint density at radius 2 is 1.85 bits per heavy atom. The van der Waals surface area contributed by atoms with E-state index in [2.05, 4.69) is 10.1 Å². The van der Waals surface area contributed by atoms with E-state index in [0.717, 1.165) is 27.2 Å². The highest BCUT2D eigenvalue weighted by atomic mass is 32.2. The summed E-state index contributed by atoms with van der Waals surface area (Å²) in [5, 5.41) is 4.27. The molecule has 0 spiro atoms. The maximum absolute atomic E-state index is 13.5. The number of sulfone groups is 1. The molecule has 0 saturated carbocycles. The van der Waals surface area contributed by atoms with Gasteiger partial charge in [0.25, 0.3) is 0 Å². The maximum Gasteiger partial charge on any atom is 0.175 e. The fourth-order valence-electron chi connectivity index (χ4n) is 2.72. The van der Waals surface area contributed by atoms with Gasteiger partial charge in [0.2, 0.25) is 0 Å². The average molecular weight is 399 g/mol. The molecule has 0 amide bonds. The highest BCUT2D eigenvalue weighted by molar-refractivity contribution is 7.90. The van der Waals surface area contributed by atoms with Crippen molar-refractivity contribution in [3.63, 3.8) is 0 Å². The van der Waals surface area contributed by atoms with Crippen LogP contribution in [0.5, 0.6) is 0 Å². The quantitative estimate of drug-likeness (QED) is 0.516. The lowest BCUT2D eigenvalue weighted by atomic mass is 10.2. The lowest BCUT2D eigenvalue weighted by Crippen LogP contribution is -1.99. The summed E-state index contributed by atoms with van der Waals surface area (Å²) in [5.74, 6) is -0.432. The Morgan fingerprint density at radius 3 is 2.63 bits per heavy atom. The van der Waals surface area contributed by atoms with Crippen LogP contribution in [0.4, 0.5) is 4.39 Å². The van der Waals surface area contributed by atoms with Crippen LogP contribution in [0.15, 0.2) is 72.0 Å². The summed E-state index contributed by atoms with van der Waals surface area (Å²) in [6.45, 7) is 0. The van der Waals surface area contributed by atoms with Crippen molar-refractivity contribution in [3.05, 3.63) is 72.9 Å². The number of rotatable bonds is 4. The first kappa shape index (κ1) is 17.6. The van der Waals surface area contributed by atoms with Crippen molar-refractivity contribution in [2.45, 2.75) is 4.90 Å². The van der Waals surface area contributed by atoms with Gasteiger partial charge in [-0.2, -0.15) is 5.10 Å². The molecular formula is C19H14FN3O2S2. The molecule has 0 bridgehead atoms. The third-order valence-corrected chi connectivity index (χ3v) is 6.25. The predicted molar refractivity (Wildman–Crippen MR) is 103 cm³/mol. The molecule has 0 aliphatic carbocycles. The number of pyridine rings is 1. The molecule has 0 radical (unpaired) electrons. The summed E-state index contributed by atoms with van der Waals surface area (Å²) < 4.78 is 38.7. The normalized spacial score (nSPS) is 11.6. The van der Waals surface area contributed by atoms with E-state index in [9.17, 15) is 12.8 Å². The highest BCUT2D eigenvalue weighted by Crippen LogP contribution is 2.35. The van der Waals surface area contributed by atoms with Gasteiger partial charge >= 0.3 is 0 Å². The van der Waals surface area contributed by atoms with E-state index in [4.69, 9.17) is 0 Å². The van der Waals surface area contributed by atoms with Gasteiger partial charge in [-0.1, -0.05) is 12.1 Å². The second-order valence-electron chi connectivity index (χ2n) is 5.95. The van der Waals surface area contributed by atoms with Crippen molar-refractivity contribution in [2.75, 3.05) is 6.26 Å². The van der Waals surface area contributed by atoms with Crippen molar-refractivity contribution in [3.8, 4) is 26.7 Å². The molecule has 27 heavy (non-hydrogen) atoms. The SMILES string of the molecule is CS(=O)(=O)c1cccc(-c2ccc(-c3ccnn3-c3cncc(F)c3)s2)c1. The van der Waals surface area contributed by atoms with Gasteiger partial charge in [0, 0.05) is 17.2 Å². The summed E-state index contributed by atoms with van der Waals surface area (Å²) >= 11 is 1.51. The third-order valence-electron chi connectivity index (χ3n) is 3.98. The van der Waals surface area contributed by atoms with Gasteiger partial charge in [-0.3, -0.25) is 4.98 Å². The fraction of sp³-hybridized carbons (Fsp3) is 0.0526. The first-order valence-corrected chi connectivity index (χ1v) is 10.7. The Morgan fingerprint density at radius 1 is 1.04 bits per heavy atom. The molecule has 4 rings (SSSR count). The van der Waals surface area contributed by atoms with Crippen LogP contribution in [0.2, 0.25) is 0 Å². The molecule has 4 aromatic rings. The van der Waals surface area contributed by atoms with Gasteiger partial charge in [-0.05, 0) is 35.9 Å². The van der Waals surface area contributed by atoms with E-state index in [1.54, 1.807) is 35.3 Å². The number of halogens is 1. The summed E-state index contributed by atoms with van der Waals surface area (Å²) in [5.41, 5.74) is 2.16. The molecule has 5 nitrogen and oxygen atoms in total. The van der Waals surface area contributed by atoms with E-state index in [0.29, 0.717) is 5.69 Å². The largest absolute Gasteiger partial charge is 0.259 e. The van der Waals surface area contributed by atoms with Gasteiger partial charge in [0.1, 0.15) is 5.82 Å². The zero-order valence-electron chi connectivity index (χ0n) is 14.2. The van der Waals surface area contributed by atoms with Gasteiger partial charge in [-0.25, -0.2) is 17.5 Å². The third kappa shape index (κ3) is 3.54. The number of thiophene rings is 1. The first-order valence-electron chi connectivity index (χ1n) is 7.97. The standard InChI is InChI=1S/C19H14FN3O2S2/c1-27(24,25)16-4-2-3-13(9-16)18-5-6-19(26-18)17-7-8-22-23(17)15-10-14(20)11-21-12-15/h2-12H,1H3. The lowest BCUT2D eigenvalue weighted by molar-refractivity contribution is 0.602. The van der Waals surface area contributed by atoms with Crippen molar-refractivity contribution in [1.29, 1.82) is 0 Å². The maximum atomic E-state index is 13.5. The van der Waals surface area contributed by atoms with Gasteiger partial charge in [-0.15, -0.1) is 11.3 Å². The second kappa shape index (κ2) is 6.71. The molecule has 3 heterocycles. The highest BCUT2D eigenvalue weighted by Gasteiger charge is 2.13.